The van der Waals surface area contributed by atoms with Crippen molar-refractivity contribution in [3.05, 3.63) is 47.5 Å². The third kappa shape index (κ3) is 5.06. The summed E-state index contributed by atoms with van der Waals surface area (Å²) in [5.74, 6) is -1.32. The van der Waals surface area contributed by atoms with Crippen LogP contribution in [0, 0.1) is 0 Å². The molecule has 6 nitrogen and oxygen atoms in total. The molecule has 6 N–H and O–H groups in total. The van der Waals surface area contributed by atoms with Gasteiger partial charge in [0.15, 0.2) is 0 Å². The van der Waals surface area contributed by atoms with Crippen molar-refractivity contribution in [3.63, 3.8) is 0 Å². The molecule has 126 valence electrons. The molecule has 0 spiro atoms. The summed E-state index contributed by atoms with van der Waals surface area (Å²) in [6, 6.07) is 0. The molecule has 0 radical (unpaired) electrons. The van der Waals surface area contributed by atoms with Crippen LogP contribution < -0.4 is 27.0 Å². The minimum absolute atomic E-state index is 0.245. The van der Waals surface area contributed by atoms with E-state index in [2.05, 4.69) is 16.0 Å². The maximum Gasteiger partial charge on any atom is 0.471 e. The Bertz CT molecular complexity index is 577. The second kappa shape index (κ2) is 7.23. The molecule has 0 aromatic carbocycles. The van der Waals surface area contributed by atoms with Gasteiger partial charge in [0.25, 0.3) is 0 Å². The van der Waals surface area contributed by atoms with Gasteiger partial charge in [-0.15, -0.1) is 0 Å². The van der Waals surface area contributed by atoms with Gasteiger partial charge in [-0.05, 0) is 29.5 Å². The molecule has 0 aliphatic carbocycles. The third-order valence-electron chi connectivity index (χ3n) is 3.27. The molecule has 1 unspecified atom stereocenters. The number of amides is 1. The zero-order valence-electron chi connectivity index (χ0n) is 12.2. The van der Waals surface area contributed by atoms with E-state index in [1.54, 1.807) is 17.5 Å². The van der Waals surface area contributed by atoms with Crippen molar-refractivity contribution in [1.29, 1.82) is 0 Å². The summed E-state index contributed by atoms with van der Waals surface area (Å²) in [7, 11) is 0. The maximum absolute atomic E-state index is 12.2. The van der Waals surface area contributed by atoms with Gasteiger partial charge in [-0.2, -0.15) is 13.2 Å². The Kier molecular flexibility index (Phi) is 5.32. The largest absolute Gasteiger partial charge is 0.471 e. The average molecular weight is 329 g/mol. The first-order valence-electron chi connectivity index (χ1n) is 6.97. The predicted octanol–water partition coefficient (Wildman–Crippen LogP) is -0.0464. The van der Waals surface area contributed by atoms with Crippen LogP contribution >= 0.6 is 0 Å². The average Bonchev–Trinajstić information content (AvgIpc) is 2.53. The van der Waals surface area contributed by atoms with Crippen molar-refractivity contribution in [2.75, 3.05) is 19.6 Å². The van der Waals surface area contributed by atoms with Gasteiger partial charge < -0.3 is 27.0 Å². The summed E-state index contributed by atoms with van der Waals surface area (Å²) >= 11 is 0. The molecule has 0 aromatic rings. The molecule has 0 aromatic heterocycles. The van der Waals surface area contributed by atoms with E-state index in [0.717, 1.165) is 17.9 Å². The minimum atomic E-state index is -4.95. The number of carbonyl (C=O) groups excluding carboxylic acids is 1. The lowest BCUT2D eigenvalue weighted by molar-refractivity contribution is -0.174. The highest BCUT2D eigenvalue weighted by Crippen LogP contribution is 2.15. The number of halogens is 3. The molecule has 2 aliphatic heterocycles. The standard InChI is InChI=1S/C14H18F3N5O/c15-14(16,17)13(23)22-12(18)10-1-2-11(21-8-10)20-7-9-3-5-19-6-4-9/h1-5,12,19-21H,6-8,18H2,(H,22,23). The number of hydrogen-bond donors (Lipinski definition) is 5. The van der Waals surface area contributed by atoms with Crippen LogP contribution in [-0.4, -0.2) is 37.9 Å². The van der Waals surface area contributed by atoms with Gasteiger partial charge >= 0.3 is 12.1 Å². The number of rotatable bonds is 5. The van der Waals surface area contributed by atoms with Crippen molar-refractivity contribution < 1.29 is 18.0 Å². The van der Waals surface area contributed by atoms with Gasteiger partial charge in [0, 0.05) is 19.6 Å². The van der Waals surface area contributed by atoms with Gasteiger partial charge in [0.05, 0.1) is 5.82 Å². The first-order valence-corrected chi connectivity index (χ1v) is 6.97. The number of nitrogens with two attached hydrogens (primary N) is 1. The molecule has 23 heavy (non-hydrogen) atoms. The van der Waals surface area contributed by atoms with Crippen molar-refractivity contribution in [2.45, 2.75) is 12.3 Å². The van der Waals surface area contributed by atoms with Crippen LogP contribution in [0.2, 0.25) is 0 Å². The first-order chi connectivity index (χ1) is 10.9. The van der Waals surface area contributed by atoms with E-state index in [1.807, 2.05) is 18.4 Å². The van der Waals surface area contributed by atoms with Crippen LogP contribution in [0.15, 0.2) is 47.5 Å². The molecular formula is C14H18F3N5O. The summed E-state index contributed by atoms with van der Waals surface area (Å²) in [5.41, 5.74) is 7.14. The molecule has 9 heteroatoms. The van der Waals surface area contributed by atoms with Crippen molar-refractivity contribution >= 4 is 5.91 Å². The van der Waals surface area contributed by atoms with E-state index in [4.69, 9.17) is 5.73 Å². The quantitative estimate of drug-likeness (QED) is 0.457. The number of carbonyl (C=O) groups is 1. The summed E-state index contributed by atoms with van der Waals surface area (Å²) < 4.78 is 36.5. The highest BCUT2D eigenvalue weighted by Gasteiger charge is 2.39. The molecule has 0 fully saturated rings. The van der Waals surface area contributed by atoms with Gasteiger partial charge in [-0.25, -0.2) is 0 Å². The van der Waals surface area contributed by atoms with Crippen molar-refractivity contribution in [1.82, 2.24) is 21.3 Å². The Balaban J connectivity index is 1.86. The Morgan fingerprint density at radius 3 is 2.74 bits per heavy atom. The third-order valence-corrected chi connectivity index (χ3v) is 3.27. The maximum atomic E-state index is 12.2. The van der Waals surface area contributed by atoms with Crippen LogP contribution in [0.3, 0.4) is 0 Å². The molecule has 1 atom stereocenters. The lowest BCUT2D eigenvalue weighted by atomic mass is 10.1. The predicted molar refractivity (Wildman–Crippen MR) is 79.6 cm³/mol. The minimum Gasteiger partial charge on any atom is -0.387 e. The number of nitrogens with one attached hydrogen (secondary N) is 4. The van der Waals surface area contributed by atoms with E-state index in [1.165, 1.54) is 0 Å². The fourth-order valence-corrected chi connectivity index (χ4v) is 1.98. The van der Waals surface area contributed by atoms with Crippen LogP contribution in [0.1, 0.15) is 0 Å². The second-order valence-corrected chi connectivity index (χ2v) is 5.00. The first kappa shape index (κ1) is 16.9. The highest BCUT2D eigenvalue weighted by molar-refractivity contribution is 5.82. The Morgan fingerprint density at radius 1 is 1.39 bits per heavy atom. The van der Waals surface area contributed by atoms with Crippen molar-refractivity contribution in [3.8, 4) is 0 Å². The topological polar surface area (TPSA) is 91.2 Å². The molecule has 0 saturated carbocycles. The molecular weight excluding hydrogens is 311 g/mol. The SMILES string of the molecule is NC(NC(=O)C(F)(F)F)C1=CC=C(NCC2=CCNC=C2)NC1. The van der Waals surface area contributed by atoms with Crippen molar-refractivity contribution in [2.24, 2.45) is 5.73 Å². The molecule has 1 amide bonds. The number of dihydropyridines is 2. The molecule has 0 bridgehead atoms. The zero-order chi connectivity index (χ0) is 16.9. The van der Waals surface area contributed by atoms with E-state index < -0.39 is 18.2 Å². The lowest BCUT2D eigenvalue weighted by Gasteiger charge is -2.23. The summed E-state index contributed by atoms with van der Waals surface area (Å²) in [4.78, 5) is 10.9. The normalized spacial score (nSPS) is 18.7. The van der Waals surface area contributed by atoms with E-state index >= 15 is 0 Å². The van der Waals surface area contributed by atoms with Gasteiger partial charge in [-0.1, -0.05) is 12.2 Å². The van der Waals surface area contributed by atoms with E-state index in [-0.39, 0.29) is 6.54 Å². The molecule has 0 saturated heterocycles. The Labute approximate surface area is 131 Å². The van der Waals surface area contributed by atoms with E-state index in [0.29, 0.717) is 12.1 Å². The summed E-state index contributed by atoms with van der Waals surface area (Å²) in [6.07, 6.45) is 2.98. The monoisotopic (exact) mass is 329 g/mol. The van der Waals surface area contributed by atoms with Crippen LogP contribution in [0.5, 0.6) is 0 Å². The molecule has 2 aliphatic rings. The fourth-order valence-electron chi connectivity index (χ4n) is 1.98. The van der Waals surface area contributed by atoms with Crippen LogP contribution in [0.25, 0.3) is 0 Å². The van der Waals surface area contributed by atoms with E-state index in [9.17, 15) is 18.0 Å². The number of hydrogen-bond acceptors (Lipinski definition) is 5. The highest BCUT2D eigenvalue weighted by atomic mass is 19.4. The smallest absolute Gasteiger partial charge is 0.387 e. The summed E-state index contributed by atoms with van der Waals surface area (Å²) in [5, 5.41) is 10.9. The van der Waals surface area contributed by atoms with Crippen LogP contribution in [-0.2, 0) is 4.79 Å². The van der Waals surface area contributed by atoms with Gasteiger partial charge in [0.1, 0.15) is 6.17 Å². The second-order valence-electron chi connectivity index (χ2n) is 5.00. The fraction of sp³-hybridized carbons (Fsp3) is 0.357. The molecule has 2 heterocycles. The van der Waals surface area contributed by atoms with Gasteiger partial charge in [-0.3, -0.25) is 4.79 Å². The Hall–Kier alpha value is -2.42. The lowest BCUT2D eigenvalue weighted by Crippen LogP contribution is -2.50. The number of alkyl halides is 3. The van der Waals surface area contributed by atoms with Gasteiger partial charge in [0.2, 0.25) is 0 Å². The molecule has 2 rings (SSSR count). The summed E-state index contributed by atoms with van der Waals surface area (Å²) in [6.45, 7) is 1.64. The van der Waals surface area contributed by atoms with Crippen LogP contribution in [0.4, 0.5) is 13.2 Å². The Morgan fingerprint density at radius 2 is 2.17 bits per heavy atom. The zero-order valence-corrected chi connectivity index (χ0v) is 12.2. The number of allylic oxidation sites excluding steroid dienone is 2.